The first-order valence-corrected chi connectivity index (χ1v) is 10.2. The molecule has 0 N–H and O–H groups in total. The predicted molar refractivity (Wildman–Crippen MR) is 120 cm³/mol. The number of hydrogen-bond donors (Lipinski definition) is 0. The number of aryl methyl sites for hydroxylation is 1. The Bertz CT molecular complexity index is 1200. The maximum Gasteiger partial charge on any atom is 0.127 e. The molecule has 0 spiro atoms. The molecule has 3 aromatic carbocycles. The van der Waals surface area contributed by atoms with Crippen molar-refractivity contribution in [1.29, 1.82) is 0 Å². The van der Waals surface area contributed by atoms with E-state index < -0.39 is 0 Å². The summed E-state index contributed by atoms with van der Waals surface area (Å²) in [7, 11) is 0. The lowest BCUT2D eigenvalue weighted by atomic mass is 10.2. The molecule has 0 radical (unpaired) electrons. The van der Waals surface area contributed by atoms with E-state index in [0.29, 0.717) is 5.02 Å². The number of rotatable bonds is 5. The fraction of sp³-hybridized carbons (Fsp3) is 0.125. The number of pyridine rings is 1. The molecule has 0 fully saturated rings. The molecule has 0 unspecified atom stereocenters. The standard InChI is InChI=1S/C24H20Cl2N2O/c1-2-14-28-15-13-23(22-12-5-18(26)16-24(22)28)27-19-6-10-21(11-7-19)29-20-8-3-17(25)4-9-20/h3-13,15-16H,2,14H2,1H3. The van der Waals surface area contributed by atoms with Crippen LogP contribution >= 0.6 is 23.2 Å². The number of ether oxygens (including phenoxy) is 1. The molecule has 29 heavy (non-hydrogen) atoms. The molecular weight excluding hydrogens is 403 g/mol. The number of hydrogen-bond acceptors (Lipinski definition) is 2. The molecule has 0 aliphatic rings. The maximum atomic E-state index is 6.23. The smallest absolute Gasteiger partial charge is 0.127 e. The van der Waals surface area contributed by atoms with E-state index in [1.807, 2.05) is 60.7 Å². The lowest BCUT2D eigenvalue weighted by Crippen LogP contribution is -2.09. The van der Waals surface area contributed by atoms with Crippen molar-refractivity contribution in [1.82, 2.24) is 4.57 Å². The van der Waals surface area contributed by atoms with Gasteiger partial charge < -0.3 is 9.30 Å². The van der Waals surface area contributed by atoms with E-state index in [2.05, 4.69) is 17.7 Å². The van der Waals surface area contributed by atoms with Crippen LogP contribution in [0.3, 0.4) is 0 Å². The second kappa shape index (κ2) is 8.73. The molecule has 0 aliphatic carbocycles. The quantitative estimate of drug-likeness (QED) is 0.329. The topological polar surface area (TPSA) is 26.5 Å². The molecular formula is C24H20Cl2N2O. The van der Waals surface area contributed by atoms with Crippen LogP contribution in [-0.4, -0.2) is 4.57 Å². The Morgan fingerprint density at radius 2 is 1.48 bits per heavy atom. The second-order valence-corrected chi connectivity index (χ2v) is 7.59. The van der Waals surface area contributed by atoms with Crippen LogP contribution in [0.5, 0.6) is 11.5 Å². The van der Waals surface area contributed by atoms with Crippen molar-refractivity contribution in [3.05, 3.63) is 94.4 Å². The average molecular weight is 423 g/mol. The summed E-state index contributed by atoms with van der Waals surface area (Å²) in [5.41, 5.74) is 1.95. The second-order valence-electron chi connectivity index (χ2n) is 6.72. The SMILES string of the molecule is CCCn1ccc(=Nc2ccc(Oc3ccc(Cl)cc3)cc2)c2ccc(Cl)cc21. The normalized spacial score (nSPS) is 11.8. The van der Waals surface area contributed by atoms with Crippen molar-refractivity contribution in [3.8, 4) is 11.5 Å². The molecule has 4 aromatic rings. The van der Waals surface area contributed by atoms with Crippen molar-refractivity contribution in [2.75, 3.05) is 0 Å². The summed E-state index contributed by atoms with van der Waals surface area (Å²) in [6, 6.07) is 23.0. The molecule has 0 saturated heterocycles. The number of aromatic nitrogens is 1. The molecule has 0 amide bonds. The fourth-order valence-corrected chi connectivity index (χ4v) is 3.48. The number of benzene rings is 3. The third kappa shape index (κ3) is 4.64. The predicted octanol–water partition coefficient (Wildman–Crippen LogP) is 7.38. The van der Waals surface area contributed by atoms with Gasteiger partial charge in [-0.3, -0.25) is 0 Å². The van der Waals surface area contributed by atoms with Crippen molar-refractivity contribution in [3.63, 3.8) is 0 Å². The molecule has 0 saturated carbocycles. The molecule has 0 atom stereocenters. The minimum atomic E-state index is 0.683. The highest BCUT2D eigenvalue weighted by atomic mass is 35.5. The molecule has 3 nitrogen and oxygen atoms in total. The summed E-state index contributed by atoms with van der Waals surface area (Å²) in [4.78, 5) is 4.83. The Labute approximate surface area is 179 Å². The van der Waals surface area contributed by atoms with Gasteiger partial charge in [0.2, 0.25) is 0 Å². The van der Waals surface area contributed by atoms with E-state index in [-0.39, 0.29) is 0 Å². The van der Waals surface area contributed by atoms with Crippen LogP contribution < -0.4 is 10.1 Å². The van der Waals surface area contributed by atoms with Gasteiger partial charge in [0, 0.05) is 28.2 Å². The van der Waals surface area contributed by atoms with Crippen LogP contribution in [0.4, 0.5) is 5.69 Å². The molecule has 4 rings (SSSR count). The summed E-state index contributed by atoms with van der Waals surface area (Å²) < 4.78 is 8.06. The lowest BCUT2D eigenvalue weighted by Gasteiger charge is -2.11. The van der Waals surface area contributed by atoms with Gasteiger partial charge in [0.05, 0.1) is 16.6 Å². The van der Waals surface area contributed by atoms with E-state index in [1.165, 1.54) is 0 Å². The minimum Gasteiger partial charge on any atom is -0.457 e. The summed E-state index contributed by atoms with van der Waals surface area (Å²) in [5.74, 6) is 1.49. The van der Waals surface area contributed by atoms with Crippen LogP contribution in [-0.2, 0) is 6.54 Å². The number of nitrogens with zero attached hydrogens (tertiary/aromatic N) is 2. The Morgan fingerprint density at radius 3 is 2.17 bits per heavy atom. The molecule has 5 heteroatoms. The third-order valence-corrected chi connectivity index (χ3v) is 5.04. The number of halogens is 2. The zero-order valence-corrected chi connectivity index (χ0v) is 17.5. The first-order chi connectivity index (χ1) is 14.1. The average Bonchev–Trinajstić information content (AvgIpc) is 2.73. The molecule has 0 aliphatic heterocycles. The van der Waals surface area contributed by atoms with Crippen LogP contribution in [0.2, 0.25) is 10.0 Å². The molecule has 0 bridgehead atoms. The van der Waals surface area contributed by atoms with E-state index in [9.17, 15) is 0 Å². The third-order valence-electron chi connectivity index (χ3n) is 4.56. The summed E-state index contributed by atoms with van der Waals surface area (Å²) in [5, 5.41) is 3.40. The van der Waals surface area contributed by atoms with Crippen molar-refractivity contribution in [2.24, 2.45) is 4.99 Å². The Kier molecular flexibility index (Phi) is 5.89. The summed E-state index contributed by atoms with van der Waals surface area (Å²) in [6.07, 6.45) is 3.12. The van der Waals surface area contributed by atoms with Crippen LogP contribution in [0.25, 0.3) is 10.9 Å². The van der Waals surface area contributed by atoms with Crippen LogP contribution in [0, 0.1) is 0 Å². The Hall–Kier alpha value is -2.75. The van der Waals surface area contributed by atoms with Crippen molar-refractivity contribution in [2.45, 2.75) is 19.9 Å². The zero-order chi connectivity index (χ0) is 20.2. The zero-order valence-electron chi connectivity index (χ0n) is 16.0. The van der Waals surface area contributed by atoms with Crippen molar-refractivity contribution < 1.29 is 4.74 Å². The van der Waals surface area contributed by atoms with Gasteiger partial charge in [-0.05, 0) is 79.2 Å². The monoisotopic (exact) mass is 422 g/mol. The van der Waals surface area contributed by atoms with Gasteiger partial charge in [-0.15, -0.1) is 0 Å². The first kappa shape index (κ1) is 19.6. The molecule has 1 heterocycles. The van der Waals surface area contributed by atoms with Gasteiger partial charge in [-0.1, -0.05) is 30.1 Å². The Balaban J connectivity index is 1.66. The largest absolute Gasteiger partial charge is 0.457 e. The van der Waals surface area contributed by atoms with Gasteiger partial charge in [0.1, 0.15) is 11.5 Å². The maximum absolute atomic E-state index is 6.23. The lowest BCUT2D eigenvalue weighted by molar-refractivity contribution is 0.483. The fourth-order valence-electron chi connectivity index (χ4n) is 3.19. The first-order valence-electron chi connectivity index (χ1n) is 9.49. The van der Waals surface area contributed by atoms with Gasteiger partial charge >= 0.3 is 0 Å². The van der Waals surface area contributed by atoms with Crippen molar-refractivity contribution >= 4 is 39.8 Å². The highest BCUT2D eigenvalue weighted by Crippen LogP contribution is 2.25. The highest BCUT2D eigenvalue weighted by Gasteiger charge is 2.03. The van der Waals surface area contributed by atoms with E-state index >= 15 is 0 Å². The molecule has 1 aromatic heterocycles. The highest BCUT2D eigenvalue weighted by molar-refractivity contribution is 6.31. The van der Waals surface area contributed by atoms with Crippen LogP contribution in [0.1, 0.15) is 13.3 Å². The summed E-state index contributed by atoms with van der Waals surface area (Å²) in [6.45, 7) is 3.10. The van der Waals surface area contributed by atoms with Crippen LogP contribution in [0.15, 0.2) is 84.0 Å². The summed E-state index contributed by atoms with van der Waals surface area (Å²) >= 11 is 12.1. The van der Waals surface area contributed by atoms with Gasteiger partial charge in [-0.25, -0.2) is 4.99 Å². The van der Waals surface area contributed by atoms with Gasteiger partial charge in [0.25, 0.3) is 0 Å². The van der Waals surface area contributed by atoms with E-state index in [0.717, 1.165) is 51.4 Å². The van der Waals surface area contributed by atoms with E-state index in [1.54, 1.807) is 12.1 Å². The van der Waals surface area contributed by atoms with Gasteiger partial charge in [-0.2, -0.15) is 0 Å². The van der Waals surface area contributed by atoms with E-state index in [4.69, 9.17) is 32.9 Å². The Morgan fingerprint density at radius 1 is 0.828 bits per heavy atom. The van der Waals surface area contributed by atoms with Gasteiger partial charge in [0.15, 0.2) is 0 Å². The number of fused-ring (bicyclic) bond motifs is 1. The molecule has 146 valence electrons. The minimum absolute atomic E-state index is 0.683.